The van der Waals surface area contributed by atoms with Gasteiger partial charge in [-0.05, 0) is 30.7 Å². The zero-order chi connectivity index (χ0) is 17.7. The van der Waals surface area contributed by atoms with Gasteiger partial charge in [0.15, 0.2) is 12.4 Å². The van der Waals surface area contributed by atoms with Gasteiger partial charge in [0.1, 0.15) is 0 Å². The minimum absolute atomic E-state index is 0.0380. The van der Waals surface area contributed by atoms with Gasteiger partial charge in [0.05, 0.1) is 0 Å². The number of rotatable bonds is 5. The Morgan fingerprint density at radius 3 is 2.67 bits per heavy atom. The van der Waals surface area contributed by atoms with E-state index in [0.717, 1.165) is 12.3 Å². The van der Waals surface area contributed by atoms with E-state index in [-0.39, 0.29) is 12.1 Å². The number of carbonyl (C=O) groups excluding carboxylic acids is 1. The molecule has 0 aliphatic rings. The fourth-order valence-corrected chi connectivity index (χ4v) is 1.79. The first-order valence-corrected chi connectivity index (χ1v) is 6.79. The third-order valence-electron chi connectivity index (χ3n) is 2.85. The molecule has 0 saturated heterocycles. The lowest BCUT2D eigenvalue weighted by molar-refractivity contribution is -0.154. The van der Waals surface area contributed by atoms with Gasteiger partial charge in [-0.3, -0.25) is 9.78 Å². The summed E-state index contributed by atoms with van der Waals surface area (Å²) in [6, 6.07) is 4.06. The number of aryl methyl sites for hydroxylation is 1. The van der Waals surface area contributed by atoms with E-state index in [4.69, 9.17) is 0 Å². The van der Waals surface area contributed by atoms with Crippen LogP contribution >= 0.6 is 0 Å². The van der Waals surface area contributed by atoms with Gasteiger partial charge in [-0.15, -0.1) is 0 Å². The monoisotopic (exact) mass is 343 g/mol. The topological polar surface area (TPSA) is 64.1 Å². The smallest absolute Gasteiger partial charge is 0.422 e. The molecule has 2 rings (SSSR count). The average molecular weight is 343 g/mol. The molecule has 0 saturated carbocycles. The number of aromatic nitrogens is 2. The van der Waals surface area contributed by atoms with Crippen molar-refractivity contribution in [2.45, 2.75) is 19.6 Å². The number of carbonyl (C=O) groups is 1. The molecule has 0 aromatic carbocycles. The van der Waals surface area contributed by atoms with Crippen molar-refractivity contribution in [2.75, 3.05) is 6.61 Å². The quantitative estimate of drug-likeness (QED) is 0.848. The molecule has 0 aliphatic carbocycles. The van der Waals surface area contributed by atoms with Crippen LogP contribution in [0.3, 0.4) is 0 Å². The standard InChI is InChI=1S/C15H13F4N3O2/c1-9-4-11(2-3-20-9)13(23)21-6-10-5-12(16)14(22-7-10)24-8-15(17,18)19/h2-5,7H,6,8H2,1H3,(H,21,23). The van der Waals surface area contributed by atoms with Crippen LogP contribution in [0.1, 0.15) is 21.6 Å². The van der Waals surface area contributed by atoms with Crippen LogP contribution in [0.5, 0.6) is 5.88 Å². The minimum atomic E-state index is -4.58. The van der Waals surface area contributed by atoms with Crippen LogP contribution in [0.25, 0.3) is 0 Å². The molecule has 0 aliphatic heterocycles. The Morgan fingerprint density at radius 2 is 2.04 bits per heavy atom. The number of halogens is 4. The summed E-state index contributed by atoms with van der Waals surface area (Å²) in [6.45, 7) is 0.0633. The second-order valence-corrected chi connectivity index (χ2v) is 4.90. The largest absolute Gasteiger partial charge is 0.466 e. The molecule has 1 amide bonds. The van der Waals surface area contributed by atoms with E-state index < -0.39 is 30.4 Å². The van der Waals surface area contributed by atoms with E-state index in [0.29, 0.717) is 11.3 Å². The number of hydrogen-bond acceptors (Lipinski definition) is 4. The predicted molar refractivity (Wildman–Crippen MR) is 75.9 cm³/mol. The molecule has 9 heteroatoms. The molecule has 0 bridgehead atoms. The summed E-state index contributed by atoms with van der Waals surface area (Å²) < 4.78 is 54.0. The normalized spacial score (nSPS) is 11.2. The van der Waals surface area contributed by atoms with Gasteiger partial charge >= 0.3 is 6.18 Å². The average Bonchev–Trinajstić information content (AvgIpc) is 2.50. The first-order valence-electron chi connectivity index (χ1n) is 6.79. The Labute approximate surface area is 134 Å². The van der Waals surface area contributed by atoms with Crippen LogP contribution in [0.4, 0.5) is 17.6 Å². The van der Waals surface area contributed by atoms with Gasteiger partial charge in [0.25, 0.3) is 11.8 Å². The van der Waals surface area contributed by atoms with E-state index in [9.17, 15) is 22.4 Å². The second-order valence-electron chi connectivity index (χ2n) is 4.90. The molecule has 1 N–H and O–H groups in total. The van der Waals surface area contributed by atoms with Crippen molar-refractivity contribution in [2.24, 2.45) is 0 Å². The Bertz CT molecular complexity index is 735. The van der Waals surface area contributed by atoms with Crippen LogP contribution in [0.2, 0.25) is 0 Å². The summed E-state index contributed by atoms with van der Waals surface area (Å²) in [5, 5.41) is 2.55. The number of pyridine rings is 2. The van der Waals surface area contributed by atoms with E-state index in [1.54, 1.807) is 13.0 Å². The van der Waals surface area contributed by atoms with Gasteiger partial charge in [-0.2, -0.15) is 13.2 Å². The predicted octanol–water partition coefficient (Wildman–Crippen LogP) is 2.80. The van der Waals surface area contributed by atoms with E-state index >= 15 is 0 Å². The lowest BCUT2D eigenvalue weighted by Crippen LogP contribution is -2.23. The molecule has 0 unspecified atom stereocenters. The molecule has 0 radical (unpaired) electrons. The molecule has 2 aromatic heterocycles. The molecule has 24 heavy (non-hydrogen) atoms. The van der Waals surface area contributed by atoms with Gasteiger partial charge in [-0.25, -0.2) is 9.37 Å². The van der Waals surface area contributed by atoms with Crippen LogP contribution in [0.15, 0.2) is 30.6 Å². The molecule has 2 heterocycles. The van der Waals surface area contributed by atoms with Gasteiger partial charge < -0.3 is 10.1 Å². The van der Waals surface area contributed by atoms with Crippen molar-refractivity contribution < 1.29 is 27.1 Å². The minimum Gasteiger partial charge on any atom is -0.466 e. The number of nitrogens with zero attached hydrogens (tertiary/aromatic N) is 2. The molecule has 2 aromatic rings. The molecule has 0 fully saturated rings. The number of nitrogens with one attached hydrogen (secondary N) is 1. The van der Waals surface area contributed by atoms with Gasteiger partial charge in [-0.1, -0.05) is 0 Å². The Kier molecular flexibility index (Phi) is 5.32. The van der Waals surface area contributed by atoms with Gasteiger partial charge in [0.2, 0.25) is 0 Å². The summed E-state index contributed by atoms with van der Waals surface area (Å²) >= 11 is 0. The molecule has 128 valence electrons. The number of ether oxygens (including phenoxy) is 1. The van der Waals surface area contributed by atoms with Crippen molar-refractivity contribution in [3.63, 3.8) is 0 Å². The number of hydrogen-bond donors (Lipinski definition) is 1. The fourth-order valence-electron chi connectivity index (χ4n) is 1.79. The Morgan fingerprint density at radius 1 is 1.29 bits per heavy atom. The molecule has 5 nitrogen and oxygen atoms in total. The van der Waals surface area contributed by atoms with Crippen LogP contribution in [-0.4, -0.2) is 28.7 Å². The maximum absolute atomic E-state index is 13.6. The van der Waals surface area contributed by atoms with Crippen LogP contribution in [-0.2, 0) is 6.54 Å². The zero-order valence-electron chi connectivity index (χ0n) is 12.5. The highest BCUT2D eigenvalue weighted by molar-refractivity contribution is 5.94. The maximum atomic E-state index is 13.6. The summed E-state index contributed by atoms with van der Waals surface area (Å²) in [5.41, 5.74) is 1.34. The molecule has 0 spiro atoms. The van der Waals surface area contributed by atoms with E-state index in [1.165, 1.54) is 12.3 Å². The highest BCUT2D eigenvalue weighted by atomic mass is 19.4. The van der Waals surface area contributed by atoms with Crippen molar-refractivity contribution in [3.05, 3.63) is 53.2 Å². The molecule has 0 atom stereocenters. The lowest BCUT2D eigenvalue weighted by Gasteiger charge is -2.10. The third-order valence-corrected chi connectivity index (χ3v) is 2.85. The van der Waals surface area contributed by atoms with E-state index in [1.807, 2.05) is 0 Å². The first kappa shape index (κ1) is 17.6. The third kappa shape index (κ3) is 5.18. The zero-order valence-corrected chi connectivity index (χ0v) is 12.5. The Balaban J connectivity index is 1.96. The lowest BCUT2D eigenvalue weighted by atomic mass is 10.2. The van der Waals surface area contributed by atoms with Gasteiger partial charge in [0, 0.05) is 30.2 Å². The van der Waals surface area contributed by atoms with E-state index in [2.05, 4.69) is 20.0 Å². The van der Waals surface area contributed by atoms with Crippen LogP contribution < -0.4 is 10.1 Å². The summed E-state index contributed by atoms with van der Waals surface area (Å²) in [6.07, 6.45) is -1.96. The highest BCUT2D eigenvalue weighted by Crippen LogP contribution is 2.19. The summed E-state index contributed by atoms with van der Waals surface area (Å²) in [5.74, 6) is -2.17. The molecular formula is C15H13F4N3O2. The number of amides is 1. The van der Waals surface area contributed by atoms with Crippen molar-refractivity contribution in [1.29, 1.82) is 0 Å². The Hall–Kier alpha value is -2.71. The highest BCUT2D eigenvalue weighted by Gasteiger charge is 2.29. The maximum Gasteiger partial charge on any atom is 0.422 e. The van der Waals surface area contributed by atoms with Crippen LogP contribution in [0, 0.1) is 12.7 Å². The van der Waals surface area contributed by atoms with Crippen molar-refractivity contribution >= 4 is 5.91 Å². The summed E-state index contributed by atoms with van der Waals surface area (Å²) in [4.78, 5) is 19.4. The first-order chi connectivity index (χ1) is 11.2. The second kappa shape index (κ2) is 7.24. The van der Waals surface area contributed by atoms with Crippen molar-refractivity contribution in [1.82, 2.24) is 15.3 Å². The van der Waals surface area contributed by atoms with Crippen molar-refractivity contribution in [3.8, 4) is 5.88 Å². The molecular weight excluding hydrogens is 330 g/mol. The number of alkyl halides is 3. The fraction of sp³-hybridized carbons (Fsp3) is 0.267. The summed E-state index contributed by atoms with van der Waals surface area (Å²) in [7, 11) is 0. The SMILES string of the molecule is Cc1cc(C(=O)NCc2cnc(OCC(F)(F)F)c(F)c2)ccn1.